The van der Waals surface area contributed by atoms with Gasteiger partial charge in [-0.3, -0.25) is 0 Å². The molecule has 3 rings (SSSR count). The SMILES string of the molecule is CC(C)(C)C1OC(=O)C(CSc2ccc(F)cc2)(c2ccccc2)O1. The molecule has 0 saturated carbocycles. The Morgan fingerprint density at radius 2 is 1.72 bits per heavy atom. The van der Waals surface area contributed by atoms with Gasteiger partial charge in [0.1, 0.15) is 5.82 Å². The maximum absolute atomic E-state index is 13.1. The molecule has 132 valence electrons. The van der Waals surface area contributed by atoms with Crippen molar-refractivity contribution < 1.29 is 18.7 Å². The van der Waals surface area contributed by atoms with E-state index in [1.165, 1.54) is 23.9 Å². The molecule has 1 fully saturated rings. The summed E-state index contributed by atoms with van der Waals surface area (Å²) in [6.07, 6.45) is -0.617. The van der Waals surface area contributed by atoms with Crippen LogP contribution in [-0.2, 0) is 19.9 Å². The van der Waals surface area contributed by atoms with Crippen molar-refractivity contribution in [1.82, 2.24) is 0 Å². The highest BCUT2D eigenvalue weighted by Gasteiger charge is 2.54. The van der Waals surface area contributed by atoms with Crippen LogP contribution in [0, 0.1) is 11.2 Å². The highest BCUT2D eigenvalue weighted by molar-refractivity contribution is 7.99. The van der Waals surface area contributed by atoms with Gasteiger partial charge in [-0.15, -0.1) is 11.8 Å². The van der Waals surface area contributed by atoms with E-state index in [2.05, 4.69) is 0 Å². The second-order valence-electron chi connectivity index (χ2n) is 7.16. The standard InChI is InChI=1S/C20H21FO3S/c1-19(2,3)18-23-17(22)20(24-18,14-7-5-4-6-8-14)13-25-16-11-9-15(21)10-12-16/h4-12,18H,13H2,1-3H3. The zero-order valence-electron chi connectivity index (χ0n) is 14.5. The number of benzene rings is 2. The molecule has 3 nitrogen and oxygen atoms in total. The molecule has 2 aromatic rings. The van der Waals surface area contributed by atoms with Gasteiger partial charge in [0, 0.05) is 16.1 Å². The zero-order chi connectivity index (χ0) is 18.1. The predicted molar refractivity (Wildman–Crippen MR) is 95.7 cm³/mol. The highest BCUT2D eigenvalue weighted by atomic mass is 32.2. The molecule has 1 saturated heterocycles. The first-order valence-corrected chi connectivity index (χ1v) is 9.13. The number of cyclic esters (lactones) is 1. The number of carbonyl (C=O) groups excluding carboxylic acids is 1. The third-order valence-electron chi connectivity index (χ3n) is 4.05. The molecule has 2 atom stereocenters. The number of carbonyl (C=O) groups is 1. The summed E-state index contributed by atoms with van der Waals surface area (Å²) >= 11 is 1.44. The summed E-state index contributed by atoms with van der Waals surface area (Å²) in [5.41, 5.74) is -0.730. The fourth-order valence-electron chi connectivity index (χ4n) is 2.59. The molecule has 0 aliphatic carbocycles. The molecule has 25 heavy (non-hydrogen) atoms. The molecule has 5 heteroatoms. The second kappa shape index (κ2) is 6.81. The summed E-state index contributed by atoms with van der Waals surface area (Å²) in [5.74, 6) is -0.312. The average Bonchev–Trinajstić information content (AvgIpc) is 2.93. The highest BCUT2D eigenvalue weighted by Crippen LogP contribution is 2.43. The Hall–Kier alpha value is -1.85. The van der Waals surface area contributed by atoms with Gasteiger partial charge in [0.05, 0.1) is 0 Å². The van der Waals surface area contributed by atoms with Crippen LogP contribution in [0.15, 0.2) is 59.5 Å². The molecule has 1 aliphatic rings. The topological polar surface area (TPSA) is 35.5 Å². The lowest BCUT2D eigenvalue weighted by atomic mass is 9.94. The van der Waals surface area contributed by atoms with Gasteiger partial charge >= 0.3 is 5.97 Å². The fourth-order valence-corrected chi connectivity index (χ4v) is 3.64. The van der Waals surface area contributed by atoms with E-state index in [9.17, 15) is 9.18 Å². The first-order chi connectivity index (χ1) is 11.8. The van der Waals surface area contributed by atoms with Gasteiger partial charge in [-0.25, -0.2) is 9.18 Å². The number of halogens is 1. The Labute approximate surface area is 151 Å². The van der Waals surface area contributed by atoms with Gasteiger partial charge in [0.15, 0.2) is 0 Å². The third kappa shape index (κ3) is 3.72. The molecule has 0 radical (unpaired) electrons. The number of hydrogen-bond donors (Lipinski definition) is 0. The summed E-state index contributed by atoms with van der Waals surface area (Å²) in [5, 5.41) is 0. The largest absolute Gasteiger partial charge is 0.433 e. The van der Waals surface area contributed by atoms with Crippen LogP contribution in [0.4, 0.5) is 4.39 Å². The van der Waals surface area contributed by atoms with Crippen molar-refractivity contribution in [1.29, 1.82) is 0 Å². The lowest BCUT2D eigenvalue weighted by molar-refractivity contribution is -0.155. The number of hydrogen-bond acceptors (Lipinski definition) is 4. The van der Waals surface area contributed by atoms with Crippen molar-refractivity contribution in [2.75, 3.05) is 5.75 Å². The maximum atomic E-state index is 13.1. The van der Waals surface area contributed by atoms with E-state index in [4.69, 9.17) is 9.47 Å². The summed E-state index contributed by atoms with van der Waals surface area (Å²) < 4.78 is 24.9. The Balaban J connectivity index is 1.91. The van der Waals surface area contributed by atoms with Crippen LogP contribution < -0.4 is 0 Å². The number of thioether (sulfide) groups is 1. The smallest absolute Gasteiger partial charge is 0.346 e. The maximum Gasteiger partial charge on any atom is 0.346 e. The molecule has 0 spiro atoms. The number of rotatable bonds is 4. The summed E-state index contributed by atoms with van der Waals surface area (Å²) in [6, 6.07) is 15.6. The van der Waals surface area contributed by atoms with Crippen molar-refractivity contribution in [3.05, 3.63) is 66.0 Å². The van der Waals surface area contributed by atoms with Crippen LogP contribution in [0.5, 0.6) is 0 Å². The first-order valence-electron chi connectivity index (χ1n) is 8.14. The monoisotopic (exact) mass is 360 g/mol. The van der Waals surface area contributed by atoms with Crippen LogP contribution in [0.25, 0.3) is 0 Å². The minimum absolute atomic E-state index is 0.286. The normalized spacial score (nSPS) is 23.5. The van der Waals surface area contributed by atoms with E-state index >= 15 is 0 Å². The van der Waals surface area contributed by atoms with Gasteiger partial charge in [0.2, 0.25) is 11.9 Å². The Kier molecular flexibility index (Phi) is 4.89. The number of esters is 1. The fraction of sp³-hybridized carbons (Fsp3) is 0.350. The molecule has 0 aromatic heterocycles. The average molecular weight is 360 g/mol. The van der Waals surface area contributed by atoms with Crippen molar-refractivity contribution in [2.45, 2.75) is 37.6 Å². The molecule has 2 unspecified atom stereocenters. The molecule has 0 bridgehead atoms. The van der Waals surface area contributed by atoms with E-state index in [0.29, 0.717) is 5.75 Å². The molecule has 1 heterocycles. The summed E-state index contributed by atoms with van der Waals surface area (Å²) in [6.45, 7) is 5.91. The Morgan fingerprint density at radius 1 is 1.08 bits per heavy atom. The van der Waals surface area contributed by atoms with Gasteiger partial charge < -0.3 is 9.47 Å². The van der Waals surface area contributed by atoms with Crippen LogP contribution >= 0.6 is 11.8 Å². The summed E-state index contributed by atoms with van der Waals surface area (Å²) in [4.78, 5) is 13.7. The van der Waals surface area contributed by atoms with Gasteiger partial charge in [-0.05, 0) is 29.8 Å². The van der Waals surface area contributed by atoms with Crippen molar-refractivity contribution in [3.63, 3.8) is 0 Å². The Bertz CT molecular complexity index is 740. The van der Waals surface area contributed by atoms with Gasteiger partial charge in [-0.1, -0.05) is 51.1 Å². The molecule has 1 aliphatic heterocycles. The van der Waals surface area contributed by atoms with Gasteiger partial charge in [-0.2, -0.15) is 0 Å². The summed E-state index contributed by atoms with van der Waals surface area (Å²) in [7, 11) is 0. The third-order valence-corrected chi connectivity index (χ3v) is 5.21. The quantitative estimate of drug-likeness (QED) is 0.582. The van der Waals surface area contributed by atoms with Crippen LogP contribution in [0.3, 0.4) is 0 Å². The van der Waals surface area contributed by atoms with Crippen LogP contribution in [0.1, 0.15) is 26.3 Å². The predicted octanol–water partition coefficient (Wildman–Crippen LogP) is 4.76. The zero-order valence-corrected chi connectivity index (χ0v) is 15.3. The minimum atomic E-state index is -1.17. The molecule has 2 aromatic carbocycles. The minimum Gasteiger partial charge on any atom is -0.433 e. The van der Waals surface area contributed by atoms with Crippen molar-refractivity contribution in [3.8, 4) is 0 Å². The molecule has 0 N–H and O–H groups in total. The lowest BCUT2D eigenvalue weighted by Crippen LogP contribution is -2.37. The van der Waals surface area contributed by atoms with E-state index in [0.717, 1.165) is 10.5 Å². The van der Waals surface area contributed by atoms with Crippen LogP contribution in [-0.4, -0.2) is 18.0 Å². The lowest BCUT2D eigenvalue weighted by Gasteiger charge is -2.28. The Morgan fingerprint density at radius 3 is 2.28 bits per heavy atom. The first kappa shape index (κ1) is 18.0. The van der Waals surface area contributed by atoms with Crippen molar-refractivity contribution >= 4 is 17.7 Å². The second-order valence-corrected chi connectivity index (χ2v) is 8.21. The van der Waals surface area contributed by atoms with Crippen molar-refractivity contribution in [2.24, 2.45) is 5.41 Å². The molecule has 0 amide bonds. The molecular formula is C20H21FO3S. The van der Waals surface area contributed by atoms with E-state index in [-0.39, 0.29) is 17.2 Å². The van der Waals surface area contributed by atoms with E-state index < -0.39 is 11.9 Å². The van der Waals surface area contributed by atoms with Crippen LogP contribution in [0.2, 0.25) is 0 Å². The molecular weight excluding hydrogens is 339 g/mol. The number of ether oxygens (including phenoxy) is 2. The van der Waals surface area contributed by atoms with Gasteiger partial charge in [0.25, 0.3) is 0 Å². The van der Waals surface area contributed by atoms with E-state index in [1.807, 2.05) is 51.1 Å². The van der Waals surface area contributed by atoms with E-state index in [1.54, 1.807) is 12.1 Å².